The van der Waals surface area contributed by atoms with Crippen LogP contribution in [0.15, 0.2) is 27.6 Å². The van der Waals surface area contributed by atoms with E-state index in [1.807, 2.05) is 0 Å². The first-order valence-corrected chi connectivity index (χ1v) is 6.09. The molecule has 0 aromatic carbocycles. The van der Waals surface area contributed by atoms with Gasteiger partial charge in [0.1, 0.15) is 0 Å². The third-order valence-corrected chi connectivity index (χ3v) is 3.68. The largest absolute Gasteiger partial charge is 0.459 e. The van der Waals surface area contributed by atoms with E-state index in [4.69, 9.17) is 9.47 Å². The van der Waals surface area contributed by atoms with E-state index in [9.17, 15) is 8.42 Å². The molecule has 1 spiro atoms. The number of rotatable bonds is 0. The second kappa shape index (κ2) is 3.02. The second-order valence-electron chi connectivity index (χ2n) is 3.68. The maximum absolute atomic E-state index is 11.8. The summed E-state index contributed by atoms with van der Waals surface area (Å²) in [6, 6.07) is 2.96. The minimum Gasteiger partial charge on any atom is -0.459 e. The molecule has 2 aliphatic rings. The van der Waals surface area contributed by atoms with Crippen molar-refractivity contribution in [2.24, 2.45) is 4.40 Å². The molecular weight excluding hydrogens is 232 g/mol. The third kappa shape index (κ3) is 1.32. The van der Waals surface area contributed by atoms with Crippen LogP contribution in [0.1, 0.15) is 0 Å². The summed E-state index contributed by atoms with van der Waals surface area (Å²) < 4.78 is 37.7. The molecule has 1 aromatic rings. The van der Waals surface area contributed by atoms with Crippen LogP contribution in [0.25, 0.3) is 0 Å². The Morgan fingerprint density at radius 3 is 2.88 bits per heavy atom. The van der Waals surface area contributed by atoms with Crippen LogP contribution in [0.3, 0.4) is 0 Å². The van der Waals surface area contributed by atoms with Crippen molar-refractivity contribution in [1.29, 1.82) is 0 Å². The summed E-state index contributed by atoms with van der Waals surface area (Å²) >= 11 is 0. The molecule has 1 saturated heterocycles. The van der Waals surface area contributed by atoms with Gasteiger partial charge in [0.2, 0.25) is 5.88 Å². The van der Waals surface area contributed by atoms with E-state index in [1.54, 1.807) is 0 Å². The molecule has 0 bridgehead atoms. The van der Waals surface area contributed by atoms with Gasteiger partial charge < -0.3 is 9.47 Å². The molecule has 0 radical (unpaired) electrons. The van der Waals surface area contributed by atoms with Crippen molar-refractivity contribution >= 4 is 16.2 Å². The molecule has 0 atom stereocenters. The van der Waals surface area contributed by atoms with Crippen LogP contribution >= 0.6 is 0 Å². The number of aromatic nitrogens is 1. The van der Waals surface area contributed by atoms with Crippen molar-refractivity contribution in [2.45, 2.75) is 10.5 Å². The van der Waals surface area contributed by atoms with Gasteiger partial charge in [-0.05, 0) is 12.1 Å². The fraction of sp³-hybridized carbons (Fsp3) is 0.333. The Morgan fingerprint density at radius 2 is 2.19 bits per heavy atom. The molecule has 0 N–H and O–H groups in total. The fourth-order valence-corrected chi connectivity index (χ4v) is 2.54. The predicted molar refractivity (Wildman–Crippen MR) is 54.1 cm³/mol. The van der Waals surface area contributed by atoms with E-state index in [-0.39, 0.29) is 10.8 Å². The normalized spacial score (nSPS) is 24.0. The van der Waals surface area contributed by atoms with Gasteiger partial charge in [0.15, 0.2) is 10.5 Å². The van der Waals surface area contributed by atoms with Crippen molar-refractivity contribution in [2.75, 3.05) is 13.2 Å². The summed E-state index contributed by atoms with van der Waals surface area (Å²) in [6.45, 7) is 0.587. The maximum atomic E-state index is 11.8. The monoisotopic (exact) mass is 240 g/mol. The van der Waals surface area contributed by atoms with Gasteiger partial charge in [0.05, 0.1) is 19.4 Å². The maximum Gasteiger partial charge on any atom is 0.287 e. The number of ether oxygens (including phenoxy) is 2. The predicted octanol–water partition coefficient (Wildman–Crippen LogP) is 0.00250. The van der Waals surface area contributed by atoms with Crippen molar-refractivity contribution in [3.05, 3.63) is 18.3 Å². The number of pyridine rings is 1. The van der Waals surface area contributed by atoms with Crippen molar-refractivity contribution < 1.29 is 17.9 Å². The van der Waals surface area contributed by atoms with E-state index >= 15 is 0 Å². The quantitative estimate of drug-likeness (QED) is 0.638. The Hall–Kier alpha value is -1.47. The van der Waals surface area contributed by atoms with Gasteiger partial charge in [-0.25, -0.2) is 4.98 Å². The first-order valence-electron chi connectivity index (χ1n) is 4.65. The molecule has 16 heavy (non-hydrogen) atoms. The van der Waals surface area contributed by atoms with Crippen LogP contribution in [-0.4, -0.2) is 38.4 Å². The number of hydrogen-bond acceptors (Lipinski definition) is 5. The molecule has 0 saturated carbocycles. The van der Waals surface area contributed by atoms with Crippen LogP contribution < -0.4 is 4.74 Å². The summed E-state index contributed by atoms with van der Waals surface area (Å²) in [6.07, 6.45) is 2.76. The highest BCUT2D eigenvalue weighted by atomic mass is 32.2. The summed E-state index contributed by atoms with van der Waals surface area (Å²) in [4.78, 5) is 3.91. The zero-order valence-corrected chi connectivity index (χ0v) is 8.98. The smallest absolute Gasteiger partial charge is 0.287 e. The number of nitrogens with zero attached hydrogens (tertiary/aromatic N) is 2. The van der Waals surface area contributed by atoms with Crippen LogP contribution in [-0.2, 0) is 14.8 Å². The minimum absolute atomic E-state index is 0.00461. The SMILES string of the molecule is O=S1(=O)N=CC2(COC2)Oc2ncccc21. The number of fused-ring (bicyclic) bond motifs is 1. The molecule has 1 fully saturated rings. The zero-order chi connectivity index (χ0) is 11.2. The molecule has 0 unspecified atom stereocenters. The van der Waals surface area contributed by atoms with Gasteiger partial charge in [-0.2, -0.15) is 12.8 Å². The molecule has 0 amide bonds. The third-order valence-electron chi connectivity index (χ3n) is 2.43. The van der Waals surface area contributed by atoms with Gasteiger partial charge in [-0.3, -0.25) is 0 Å². The fourth-order valence-electron chi connectivity index (χ4n) is 1.53. The van der Waals surface area contributed by atoms with Gasteiger partial charge in [-0.15, -0.1) is 0 Å². The average molecular weight is 240 g/mol. The lowest BCUT2D eigenvalue weighted by molar-refractivity contribution is -0.118. The minimum atomic E-state index is -3.70. The Balaban J connectivity index is 2.20. The summed E-state index contributed by atoms with van der Waals surface area (Å²) in [5.41, 5.74) is -0.771. The lowest BCUT2D eigenvalue weighted by Gasteiger charge is -2.36. The summed E-state index contributed by atoms with van der Waals surface area (Å²) in [5.74, 6) is 0.0864. The van der Waals surface area contributed by atoms with Crippen molar-refractivity contribution in [3.8, 4) is 5.88 Å². The zero-order valence-electron chi connectivity index (χ0n) is 8.16. The topological polar surface area (TPSA) is 77.9 Å². The molecule has 3 rings (SSSR count). The highest BCUT2D eigenvalue weighted by Crippen LogP contribution is 2.31. The lowest BCUT2D eigenvalue weighted by atomic mass is 10.0. The van der Waals surface area contributed by atoms with Crippen LogP contribution in [0.5, 0.6) is 5.88 Å². The molecule has 84 valence electrons. The van der Waals surface area contributed by atoms with E-state index < -0.39 is 15.6 Å². The Bertz CT molecular complexity index is 563. The Kier molecular flexibility index (Phi) is 1.84. The lowest BCUT2D eigenvalue weighted by Crippen LogP contribution is -2.55. The molecule has 2 aliphatic heterocycles. The van der Waals surface area contributed by atoms with Gasteiger partial charge in [-0.1, -0.05) is 0 Å². The van der Waals surface area contributed by atoms with Crippen molar-refractivity contribution in [1.82, 2.24) is 4.98 Å². The van der Waals surface area contributed by atoms with Gasteiger partial charge in [0.25, 0.3) is 10.0 Å². The second-order valence-corrected chi connectivity index (χ2v) is 5.28. The number of sulfonamides is 1. The van der Waals surface area contributed by atoms with Crippen molar-refractivity contribution in [3.63, 3.8) is 0 Å². The molecule has 6 nitrogen and oxygen atoms in total. The Labute approximate surface area is 92.0 Å². The molecule has 3 heterocycles. The van der Waals surface area contributed by atoms with E-state index in [0.29, 0.717) is 13.2 Å². The van der Waals surface area contributed by atoms with Gasteiger partial charge in [0, 0.05) is 6.20 Å². The number of hydrogen-bond donors (Lipinski definition) is 0. The van der Waals surface area contributed by atoms with Crippen LogP contribution in [0, 0.1) is 0 Å². The molecule has 1 aromatic heterocycles. The molecular formula is C9H8N2O4S. The standard InChI is InChI=1S/C9H8N2O4S/c12-16(13)7-2-1-3-10-8(7)15-9(4-11-16)5-14-6-9/h1-4H,5-6H2. The van der Waals surface area contributed by atoms with Crippen LogP contribution in [0.2, 0.25) is 0 Å². The highest BCUT2D eigenvalue weighted by molar-refractivity contribution is 7.90. The van der Waals surface area contributed by atoms with E-state index in [0.717, 1.165) is 0 Å². The Morgan fingerprint density at radius 1 is 1.38 bits per heavy atom. The van der Waals surface area contributed by atoms with Gasteiger partial charge >= 0.3 is 0 Å². The summed E-state index contributed by atoms with van der Waals surface area (Å²) in [7, 11) is -3.70. The average Bonchev–Trinajstić information content (AvgIpc) is 2.33. The highest BCUT2D eigenvalue weighted by Gasteiger charge is 2.43. The molecule has 7 heteroatoms. The first kappa shape index (κ1) is 9.73. The summed E-state index contributed by atoms with van der Waals surface area (Å²) in [5, 5.41) is 0. The van der Waals surface area contributed by atoms with E-state index in [1.165, 1.54) is 24.5 Å². The molecule has 0 aliphatic carbocycles. The van der Waals surface area contributed by atoms with Crippen LogP contribution in [0.4, 0.5) is 0 Å². The van der Waals surface area contributed by atoms with E-state index in [2.05, 4.69) is 9.38 Å². The first-order chi connectivity index (χ1) is 7.61.